The highest BCUT2D eigenvalue weighted by Gasteiger charge is 2.40. The summed E-state index contributed by atoms with van der Waals surface area (Å²) < 4.78 is 5.07. The van der Waals surface area contributed by atoms with Gasteiger partial charge in [0.2, 0.25) is 5.91 Å². The molecule has 6 atom stereocenters. The van der Waals surface area contributed by atoms with Crippen LogP contribution in [0.15, 0.2) is 0 Å². The number of methoxy groups -OCH3 is 1. The normalized spacial score (nSPS) is 24.2. The molecule has 0 aromatic heterocycles. The Bertz CT molecular complexity index is 406. The number of carbonyl (C=O) groups is 1. The zero-order chi connectivity index (χ0) is 19.7. The van der Waals surface area contributed by atoms with Gasteiger partial charge in [0, 0.05) is 19.1 Å². The van der Waals surface area contributed by atoms with Crippen LogP contribution in [-0.4, -0.2) is 54.3 Å². The molecule has 26 heavy (non-hydrogen) atoms. The number of hydrogen-bond donors (Lipinski definition) is 5. The monoisotopic (exact) mass is 373 g/mol. The summed E-state index contributed by atoms with van der Waals surface area (Å²) >= 11 is 0. The highest BCUT2D eigenvalue weighted by molar-refractivity contribution is 5.82. The molecule has 1 aliphatic carbocycles. The maximum Gasteiger partial charge on any atom is 0.237 e. The van der Waals surface area contributed by atoms with Gasteiger partial charge in [-0.2, -0.15) is 5.48 Å². The van der Waals surface area contributed by atoms with Crippen molar-refractivity contribution in [2.45, 2.75) is 84.2 Å². The van der Waals surface area contributed by atoms with E-state index in [-0.39, 0.29) is 17.9 Å². The summed E-state index contributed by atoms with van der Waals surface area (Å²) in [6, 6.07) is -0.861. The molecule has 1 amide bonds. The van der Waals surface area contributed by atoms with E-state index in [4.69, 9.17) is 4.74 Å². The number of carbonyl (C=O) groups excluding carboxylic acids is 1. The molecule has 0 aromatic carbocycles. The number of aliphatic hydroxyl groups excluding tert-OH is 1. The molecule has 7 heteroatoms. The van der Waals surface area contributed by atoms with Crippen molar-refractivity contribution in [1.82, 2.24) is 16.1 Å². The molecule has 0 bridgehead atoms. The topological polar surface area (TPSA) is 103 Å². The molecule has 1 fully saturated rings. The van der Waals surface area contributed by atoms with Crippen molar-refractivity contribution in [2.75, 3.05) is 13.7 Å². The van der Waals surface area contributed by atoms with E-state index < -0.39 is 18.3 Å². The van der Waals surface area contributed by atoms with E-state index in [0.29, 0.717) is 18.9 Å². The number of ether oxygens (including phenoxy) is 1. The van der Waals surface area contributed by atoms with Crippen molar-refractivity contribution in [2.24, 2.45) is 17.8 Å². The molecule has 7 nitrogen and oxygen atoms in total. The van der Waals surface area contributed by atoms with Gasteiger partial charge in [-0.05, 0) is 31.1 Å². The first kappa shape index (κ1) is 23.3. The molecule has 0 saturated heterocycles. The molecule has 0 heterocycles. The Kier molecular flexibility index (Phi) is 10.6. The van der Waals surface area contributed by atoms with Crippen molar-refractivity contribution >= 4 is 5.91 Å². The number of nitrogens with one attached hydrogen (secondary N) is 3. The molecule has 0 spiro atoms. The fourth-order valence-corrected chi connectivity index (χ4v) is 3.58. The van der Waals surface area contributed by atoms with Crippen LogP contribution < -0.4 is 16.1 Å². The SMILES string of the molecule is CCC(CC)C[C@@H]1C[C@@H]1NC(=O)[C@H](CC)N[C@H](O)[C@@H](NO)C(C)COC. The van der Waals surface area contributed by atoms with E-state index in [2.05, 4.69) is 30.0 Å². The molecule has 1 aliphatic rings. The van der Waals surface area contributed by atoms with Gasteiger partial charge >= 0.3 is 0 Å². The van der Waals surface area contributed by atoms with Crippen LogP contribution in [0.4, 0.5) is 0 Å². The lowest BCUT2D eigenvalue weighted by Crippen LogP contribution is -2.57. The van der Waals surface area contributed by atoms with Crippen LogP contribution >= 0.6 is 0 Å². The Morgan fingerprint density at radius 3 is 2.38 bits per heavy atom. The number of hydroxylamine groups is 1. The van der Waals surface area contributed by atoms with Gasteiger partial charge in [-0.15, -0.1) is 0 Å². The van der Waals surface area contributed by atoms with Gasteiger partial charge in [-0.1, -0.05) is 40.5 Å². The molecule has 5 N–H and O–H groups in total. The van der Waals surface area contributed by atoms with Crippen LogP contribution in [0.3, 0.4) is 0 Å². The summed E-state index contributed by atoms with van der Waals surface area (Å²) in [5.41, 5.74) is 2.13. The lowest BCUT2D eigenvalue weighted by atomic mass is 9.96. The van der Waals surface area contributed by atoms with E-state index >= 15 is 0 Å². The molecule has 1 saturated carbocycles. The van der Waals surface area contributed by atoms with Crippen LogP contribution in [0.1, 0.15) is 59.8 Å². The third-order valence-electron chi connectivity index (χ3n) is 5.67. The van der Waals surface area contributed by atoms with Crippen LogP contribution in [0, 0.1) is 17.8 Å². The fourth-order valence-electron chi connectivity index (χ4n) is 3.58. The minimum Gasteiger partial charge on any atom is -0.384 e. The minimum atomic E-state index is -1.06. The van der Waals surface area contributed by atoms with Crippen molar-refractivity contribution in [3.05, 3.63) is 0 Å². The summed E-state index contributed by atoms with van der Waals surface area (Å²) in [7, 11) is 1.57. The highest BCUT2D eigenvalue weighted by atomic mass is 16.5. The van der Waals surface area contributed by atoms with E-state index in [0.717, 1.165) is 12.3 Å². The van der Waals surface area contributed by atoms with Gasteiger partial charge in [-0.25, -0.2) is 0 Å². The number of rotatable bonds is 14. The van der Waals surface area contributed by atoms with Crippen LogP contribution in [0.25, 0.3) is 0 Å². The van der Waals surface area contributed by atoms with Crippen LogP contribution in [-0.2, 0) is 9.53 Å². The molecular formula is C19H39N3O4. The summed E-state index contributed by atoms with van der Waals surface area (Å²) in [6.07, 6.45) is 4.11. The Balaban J connectivity index is 2.48. The van der Waals surface area contributed by atoms with E-state index in [9.17, 15) is 15.1 Å². The van der Waals surface area contributed by atoms with Crippen molar-refractivity contribution in [1.29, 1.82) is 0 Å². The van der Waals surface area contributed by atoms with Crippen molar-refractivity contribution in [3.8, 4) is 0 Å². The first-order valence-corrected chi connectivity index (χ1v) is 10.0. The van der Waals surface area contributed by atoms with Crippen LogP contribution in [0.2, 0.25) is 0 Å². The lowest BCUT2D eigenvalue weighted by molar-refractivity contribution is -0.125. The molecule has 0 aliphatic heterocycles. The van der Waals surface area contributed by atoms with Gasteiger partial charge < -0.3 is 20.4 Å². The van der Waals surface area contributed by atoms with Gasteiger partial charge in [-0.3, -0.25) is 10.1 Å². The Hall–Kier alpha value is -0.730. The van der Waals surface area contributed by atoms with Gasteiger partial charge in [0.25, 0.3) is 0 Å². The average molecular weight is 374 g/mol. The van der Waals surface area contributed by atoms with Gasteiger partial charge in [0.15, 0.2) is 0 Å². The van der Waals surface area contributed by atoms with Crippen LogP contribution in [0.5, 0.6) is 0 Å². The fraction of sp³-hybridized carbons (Fsp3) is 0.947. The molecule has 154 valence electrons. The third-order valence-corrected chi connectivity index (χ3v) is 5.67. The zero-order valence-electron chi connectivity index (χ0n) is 17.0. The zero-order valence-corrected chi connectivity index (χ0v) is 17.0. The highest BCUT2D eigenvalue weighted by Crippen LogP contribution is 2.38. The minimum absolute atomic E-state index is 0.0836. The smallest absolute Gasteiger partial charge is 0.237 e. The molecule has 0 aromatic rings. The second-order valence-electron chi connectivity index (χ2n) is 7.69. The third kappa shape index (κ3) is 7.12. The van der Waals surface area contributed by atoms with Crippen molar-refractivity contribution in [3.63, 3.8) is 0 Å². The predicted molar refractivity (Wildman–Crippen MR) is 102 cm³/mol. The summed E-state index contributed by atoms with van der Waals surface area (Å²) in [6.45, 7) is 8.59. The Labute approximate surface area is 158 Å². The van der Waals surface area contributed by atoms with E-state index in [1.54, 1.807) is 7.11 Å². The Morgan fingerprint density at radius 2 is 1.88 bits per heavy atom. The summed E-state index contributed by atoms with van der Waals surface area (Å²) in [5, 5.41) is 25.7. The quantitative estimate of drug-likeness (QED) is 0.234. The molecule has 1 rings (SSSR count). The molecular weight excluding hydrogens is 334 g/mol. The largest absolute Gasteiger partial charge is 0.384 e. The second-order valence-corrected chi connectivity index (χ2v) is 7.69. The van der Waals surface area contributed by atoms with E-state index in [1.807, 2.05) is 13.8 Å². The Morgan fingerprint density at radius 1 is 1.23 bits per heavy atom. The summed E-state index contributed by atoms with van der Waals surface area (Å²) in [5.74, 6) is 1.11. The van der Waals surface area contributed by atoms with Gasteiger partial charge in [0.1, 0.15) is 6.23 Å². The first-order valence-electron chi connectivity index (χ1n) is 10.0. The van der Waals surface area contributed by atoms with Gasteiger partial charge in [0.05, 0.1) is 18.7 Å². The van der Waals surface area contributed by atoms with E-state index in [1.165, 1.54) is 19.3 Å². The maximum absolute atomic E-state index is 12.5. The summed E-state index contributed by atoms with van der Waals surface area (Å²) in [4.78, 5) is 12.5. The predicted octanol–water partition coefficient (Wildman–Crippen LogP) is 1.63. The lowest BCUT2D eigenvalue weighted by Gasteiger charge is -2.30. The molecule has 1 unspecified atom stereocenters. The average Bonchev–Trinajstić information content (AvgIpc) is 3.35. The number of hydrogen-bond acceptors (Lipinski definition) is 6. The molecule has 0 radical (unpaired) electrons. The van der Waals surface area contributed by atoms with Crippen molar-refractivity contribution < 1.29 is 19.8 Å². The first-order chi connectivity index (χ1) is 12.4. The standard InChI is InChI=1S/C19H39N3O4/c1-6-13(7-2)9-14-10-16(14)21-18(23)15(8-3)20-19(24)17(22-25)12(4)11-26-5/h12-17,19-20,22,24-25H,6-11H2,1-5H3,(H,21,23)/t12?,14-,15+,16+,17+,19-/m1/s1. The number of aliphatic hydroxyl groups is 1. The number of amides is 1. The maximum atomic E-state index is 12.5. The second kappa shape index (κ2) is 11.9.